The van der Waals surface area contributed by atoms with Crippen LogP contribution in [0.15, 0.2) is 24.5 Å². The van der Waals surface area contributed by atoms with Gasteiger partial charge in [0.25, 0.3) is 0 Å². The van der Waals surface area contributed by atoms with Gasteiger partial charge in [-0.2, -0.15) is 0 Å². The highest BCUT2D eigenvalue weighted by molar-refractivity contribution is 5.84. The quantitative estimate of drug-likeness (QED) is 0.870. The Morgan fingerprint density at radius 1 is 1.56 bits per heavy atom. The summed E-state index contributed by atoms with van der Waals surface area (Å²) in [7, 11) is 0. The summed E-state index contributed by atoms with van der Waals surface area (Å²) < 4.78 is 0. The van der Waals surface area contributed by atoms with Crippen molar-refractivity contribution in [3.63, 3.8) is 0 Å². The van der Waals surface area contributed by atoms with Crippen LogP contribution in [0.2, 0.25) is 0 Å². The van der Waals surface area contributed by atoms with Gasteiger partial charge in [0.15, 0.2) is 0 Å². The maximum atomic E-state index is 12.2. The van der Waals surface area contributed by atoms with Gasteiger partial charge < -0.3 is 10.0 Å². The number of carboxylic acids is 1. The Bertz CT molecular complexity index is 447. The molecule has 2 heterocycles. The summed E-state index contributed by atoms with van der Waals surface area (Å²) in [5.74, 6) is -1.53. The molecule has 0 aromatic carbocycles. The molecule has 0 unspecified atom stereocenters. The normalized spacial score (nSPS) is 20.7. The topological polar surface area (TPSA) is 70.5 Å². The van der Waals surface area contributed by atoms with Crippen molar-refractivity contribution in [1.29, 1.82) is 0 Å². The van der Waals surface area contributed by atoms with E-state index in [0.29, 0.717) is 19.5 Å². The number of pyridine rings is 1. The number of nitrogens with zero attached hydrogens (tertiary/aromatic N) is 2. The van der Waals surface area contributed by atoms with E-state index in [1.165, 1.54) is 0 Å². The number of aromatic nitrogens is 1. The third-order valence-electron chi connectivity index (χ3n) is 3.40. The second kappa shape index (κ2) is 5.16. The summed E-state index contributed by atoms with van der Waals surface area (Å²) in [5, 5.41) is 8.92. The van der Waals surface area contributed by atoms with E-state index >= 15 is 0 Å². The molecule has 1 amide bonds. The highest BCUT2D eigenvalue weighted by Gasteiger charge is 2.32. The third-order valence-corrected chi connectivity index (χ3v) is 3.40. The zero-order valence-electron chi connectivity index (χ0n) is 10.2. The Morgan fingerprint density at radius 3 is 2.89 bits per heavy atom. The van der Waals surface area contributed by atoms with E-state index in [-0.39, 0.29) is 11.8 Å². The minimum atomic E-state index is -0.820. The SMILES string of the molecule is C[C@H](C(=O)N1CC[C@@H](C(=O)O)C1)c1cccnc1. The monoisotopic (exact) mass is 248 g/mol. The average Bonchev–Trinajstić information content (AvgIpc) is 2.88. The van der Waals surface area contributed by atoms with Crippen molar-refractivity contribution >= 4 is 11.9 Å². The van der Waals surface area contributed by atoms with Gasteiger partial charge in [0, 0.05) is 25.5 Å². The Labute approximate surface area is 105 Å². The van der Waals surface area contributed by atoms with Gasteiger partial charge >= 0.3 is 5.97 Å². The van der Waals surface area contributed by atoms with Crippen molar-refractivity contribution in [3.8, 4) is 0 Å². The van der Waals surface area contributed by atoms with Crippen LogP contribution in [0.1, 0.15) is 24.8 Å². The molecule has 2 atom stereocenters. The first-order valence-electron chi connectivity index (χ1n) is 6.01. The molecular formula is C13H16N2O3. The lowest BCUT2D eigenvalue weighted by Crippen LogP contribution is -2.33. The van der Waals surface area contributed by atoms with Gasteiger partial charge in [0.05, 0.1) is 11.8 Å². The number of amides is 1. The second-order valence-corrected chi connectivity index (χ2v) is 4.62. The fraction of sp³-hybridized carbons (Fsp3) is 0.462. The van der Waals surface area contributed by atoms with Crippen LogP contribution in [-0.2, 0) is 9.59 Å². The number of rotatable bonds is 3. The first-order valence-corrected chi connectivity index (χ1v) is 6.01. The van der Waals surface area contributed by atoms with Gasteiger partial charge in [-0.1, -0.05) is 6.07 Å². The minimum absolute atomic E-state index is 0.0215. The van der Waals surface area contributed by atoms with E-state index in [0.717, 1.165) is 5.56 Å². The van der Waals surface area contributed by atoms with E-state index in [9.17, 15) is 9.59 Å². The number of carboxylic acid groups (broad SMARTS) is 1. The van der Waals surface area contributed by atoms with Crippen LogP contribution in [0.5, 0.6) is 0 Å². The molecule has 1 N–H and O–H groups in total. The average molecular weight is 248 g/mol. The molecule has 1 aromatic heterocycles. The highest BCUT2D eigenvalue weighted by atomic mass is 16.4. The van der Waals surface area contributed by atoms with Crippen molar-refractivity contribution in [2.24, 2.45) is 5.92 Å². The summed E-state index contributed by atoms with van der Waals surface area (Å²) >= 11 is 0. The first-order chi connectivity index (χ1) is 8.59. The zero-order valence-corrected chi connectivity index (χ0v) is 10.2. The van der Waals surface area contributed by atoms with Crippen LogP contribution in [0.3, 0.4) is 0 Å². The standard InChI is InChI=1S/C13H16N2O3/c1-9(10-3-2-5-14-7-10)12(16)15-6-4-11(8-15)13(17)18/h2-3,5,7,9,11H,4,6,8H2,1H3,(H,17,18)/t9-,11+/m0/s1. The highest BCUT2D eigenvalue weighted by Crippen LogP contribution is 2.22. The van der Waals surface area contributed by atoms with Crippen LogP contribution < -0.4 is 0 Å². The minimum Gasteiger partial charge on any atom is -0.481 e. The van der Waals surface area contributed by atoms with E-state index in [2.05, 4.69) is 4.98 Å². The second-order valence-electron chi connectivity index (χ2n) is 4.62. The Balaban J connectivity index is 2.02. The van der Waals surface area contributed by atoms with Crippen LogP contribution in [0.25, 0.3) is 0 Å². The number of hydrogen-bond acceptors (Lipinski definition) is 3. The van der Waals surface area contributed by atoms with Crippen molar-refractivity contribution in [2.45, 2.75) is 19.3 Å². The summed E-state index contributed by atoms with van der Waals surface area (Å²) in [6.45, 7) is 2.67. The Kier molecular flexibility index (Phi) is 3.60. The summed E-state index contributed by atoms with van der Waals surface area (Å²) in [4.78, 5) is 28.7. The smallest absolute Gasteiger partial charge is 0.308 e. The predicted molar refractivity (Wildman–Crippen MR) is 65.0 cm³/mol. The van der Waals surface area contributed by atoms with Gasteiger partial charge in [-0.25, -0.2) is 0 Å². The van der Waals surface area contributed by atoms with Crippen LogP contribution >= 0.6 is 0 Å². The summed E-state index contributed by atoms with van der Waals surface area (Å²) in [6, 6.07) is 3.66. The maximum absolute atomic E-state index is 12.2. The van der Waals surface area contributed by atoms with Crippen LogP contribution in [0, 0.1) is 5.92 Å². The fourth-order valence-corrected chi connectivity index (χ4v) is 2.21. The predicted octanol–water partition coefficient (Wildman–Crippen LogP) is 1.12. The van der Waals surface area contributed by atoms with Crippen molar-refractivity contribution in [1.82, 2.24) is 9.88 Å². The molecule has 1 aliphatic heterocycles. The fourth-order valence-electron chi connectivity index (χ4n) is 2.21. The molecule has 2 rings (SSSR count). The lowest BCUT2D eigenvalue weighted by molar-refractivity contribution is -0.141. The van der Waals surface area contributed by atoms with Crippen molar-refractivity contribution in [3.05, 3.63) is 30.1 Å². The number of aliphatic carboxylic acids is 1. The molecule has 1 saturated heterocycles. The van der Waals surface area contributed by atoms with E-state index < -0.39 is 11.9 Å². The van der Waals surface area contributed by atoms with Gasteiger partial charge in [-0.3, -0.25) is 14.6 Å². The Morgan fingerprint density at radius 2 is 2.33 bits per heavy atom. The van der Waals surface area contributed by atoms with E-state index in [4.69, 9.17) is 5.11 Å². The third kappa shape index (κ3) is 2.50. The first kappa shape index (κ1) is 12.5. The zero-order chi connectivity index (χ0) is 13.1. The molecule has 1 aromatic rings. The molecule has 1 fully saturated rings. The molecule has 0 spiro atoms. The molecule has 5 heteroatoms. The van der Waals surface area contributed by atoms with Crippen LogP contribution in [0.4, 0.5) is 0 Å². The van der Waals surface area contributed by atoms with E-state index in [1.807, 2.05) is 13.0 Å². The molecule has 5 nitrogen and oxygen atoms in total. The lowest BCUT2D eigenvalue weighted by Gasteiger charge is -2.20. The molecule has 0 bridgehead atoms. The van der Waals surface area contributed by atoms with E-state index in [1.54, 1.807) is 23.4 Å². The van der Waals surface area contributed by atoms with Crippen molar-refractivity contribution in [2.75, 3.05) is 13.1 Å². The lowest BCUT2D eigenvalue weighted by atomic mass is 10.0. The van der Waals surface area contributed by atoms with Gasteiger partial charge in [0.1, 0.15) is 0 Å². The number of likely N-dealkylation sites (tertiary alicyclic amines) is 1. The number of hydrogen-bond donors (Lipinski definition) is 1. The molecule has 0 saturated carbocycles. The van der Waals surface area contributed by atoms with Gasteiger partial charge in [-0.15, -0.1) is 0 Å². The van der Waals surface area contributed by atoms with Crippen molar-refractivity contribution < 1.29 is 14.7 Å². The largest absolute Gasteiger partial charge is 0.481 e. The molecule has 0 aliphatic carbocycles. The molecule has 0 radical (unpaired) electrons. The summed E-state index contributed by atoms with van der Waals surface area (Å²) in [6.07, 6.45) is 3.88. The molecule has 1 aliphatic rings. The Hall–Kier alpha value is -1.91. The summed E-state index contributed by atoms with van der Waals surface area (Å²) in [5.41, 5.74) is 0.862. The van der Waals surface area contributed by atoms with Gasteiger partial charge in [-0.05, 0) is 25.0 Å². The maximum Gasteiger partial charge on any atom is 0.308 e. The van der Waals surface area contributed by atoms with Crippen LogP contribution in [-0.4, -0.2) is 40.0 Å². The molecular weight excluding hydrogens is 232 g/mol. The molecule has 18 heavy (non-hydrogen) atoms. The number of carbonyl (C=O) groups excluding carboxylic acids is 1. The molecule has 96 valence electrons. The number of carbonyl (C=O) groups is 2. The van der Waals surface area contributed by atoms with Gasteiger partial charge in [0.2, 0.25) is 5.91 Å².